The first-order valence-corrected chi connectivity index (χ1v) is 7.06. The lowest BCUT2D eigenvalue weighted by molar-refractivity contribution is 0.00492. The summed E-state index contributed by atoms with van der Waals surface area (Å²) in [6.07, 6.45) is 0. The Bertz CT molecular complexity index is 388. The highest BCUT2D eigenvalue weighted by molar-refractivity contribution is 5.97. The van der Waals surface area contributed by atoms with Crippen LogP contribution >= 0.6 is 0 Å². The molecule has 5 heteroatoms. The Morgan fingerprint density at radius 3 is 1.95 bits per heavy atom. The van der Waals surface area contributed by atoms with Gasteiger partial charge in [-0.1, -0.05) is 29.8 Å². The van der Waals surface area contributed by atoms with Crippen LogP contribution in [0.25, 0.3) is 0 Å². The largest absolute Gasteiger partial charge is 0.382 e. The molecule has 5 nitrogen and oxygen atoms in total. The number of benzene rings is 1. The van der Waals surface area contributed by atoms with Crippen LogP contribution in [-0.2, 0) is 18.9 Å². The molecule has 0 fully saturated rings. The SMILES string of the molecule is COCCOCCOCCOCC(=O)c1ccc(C)cc1. The second-order valence-electron chi connectivity index (χ2n) is 4.56. The first kappa shape index (κ1) is 17.8. The quantitative estimate of drug-likeness (QED) is 0.435. The summed E-state index contributed by atoms with van der Waals surface area (Å²) in [5.74, 6) is -0.0158. The van der Waals surface area contributed by atoms with E-state index in [1.54, 1.807) is 7.11 Å². The average molecular weight is 296 g/mol. The summed E-state index contributed by atoms with van der Waals surface area (Å²) in [4.78, 5) is 11.8. The van der Waals surface area contributed by atoms with Crippen molar-refractivity contribution in [3.8, 4) is 0 Å². The van der Waals surface area contributed by atoms with E-state index in [-0.39, 0.29) is 12.4 Å². The van der Waals surface area contributed by atoms with Gasteiger partial charge in [0, 0.05) is 12.7 Å². The van der Waals surface area contributed by atoms with E-state index >= 15 is 0 Å². The Hall–Kier alpha value is -1.27. The smallest absolute Gasteiger partial charge is 0.188 e. The summed E-state index contributed by atoms with van der Waals surface area (Å²) in [5.41, 5.74) is 1.81. The first-order valence-electron chi connectivity index (χ1n) is 7.06. The van der Waals surface area contributed by atoms with Crippen LogP contribution in [0.2, 0.25) is 0 Å². The number of hydrogen-bond acceptors (Lipinski definition) is 5. The molecule has 0 amide bonds. The van der Waals surface area contributed by atoms with Crippen molar-refractivity contribution in [2.45, 2.75) is 6.92 Å². The third-order valence-corrected chi connectivity index (χ3v) is 2.78. The van der Waals surface area contributed by atoms with Gasteiger partial charge in [0.1, 0.15) is 6.61 Å². The van der Waals surface area contributed by atoms with Crippen LogP contribution in [0, 0.1) is 6.92 Å². The lowest BCUT2D eigenvalue weighted by Crippen LogP contribution is -2.14. The van der Waals surface area contributed by atoms with E-state index in [9.17, 15) is 4.79 Å². The molecule has 21 heavy (non-hydrogen) atoms. The second kappa shape index (κ2) is 11.4. The lowest BCUT2D eigenvalue weighted by Gasteiger charge is -2.06. The lowest BCUT2D eigenvalue weighted by atomic mass is 10.1. The molecule has 0 bridgehead atoms. The van der Waals surface area contributed by atoms with Gasteiger partial charge >= 0.3 is 0 Å². The standard InChI is InChI=1S/C16H24O5/c1-14-3-5-15(6-4-14)16(17)13-21-12-11-20-10-9-19-8-7-18-2/h3-6H,7-13H2,1-2H3. The van der Waals surface area contributed by atoms with Gasteiger partial charge in [-0.05, 0) is 6.92 Å². The molecular weight excluding hydrogens is 272 g/mol. The Labute approximate surface area is 126 Å². The zero-order valence-corrected chi connectivity index (χ0v) is 12.8. The van der Waals surface area contributed by atoms with E-state index < -0.39 is 0 Å². The van der Waals surface area contributed by atoms with Crippen molar-refractivity contribution < 1.29 is 23.7 Å². The first-order chi connectivity index (χ1) is 10.2. The molecule has 0 saturated heterocycles. The molecular formula is C16H24O5. The van der Waals surface area contributed by atoms with Crippen LogP contribution in [0.15, 0.2) is 24.3 Å². The molecule has 0 aliphatic rings. The maximum absolute atomic E-state index is 11.8. The fourth-order valence-electron chi connectivity index (χ4n) is 1.57. The topological polar surface area (TPSA) is 54.0 Å². The van der Waals surface area contributed by atoms with Gasteiger partial charge in [-0.15, -0.1) is 0 Å². The third kappa shape index (κ3) is 8.57. The van der Waals surface area contributed by atoms with Crippen molar-refractivity contribution in [1.82, 2.24) is 0 Å². The highest BCUT2D eigenvalue weighted by Gasteiger charge is 2.05. The van der Waals surface area contributed by atoms with Crippen LogP contribution in [0.4, 0.5) is 0 Å². The second-order valence-corrected chi connectivity index (χ2v) is 4.56. The summed E-state index contributed by atoms with van der Waals surface area (Å²) in [6, 6.07) is 7.46. The number of Topliss-reactive ketones (excluding diaryl/α,β-unsaturated/α-hetero) is 1. The Balaban J connectivity index is 1.96. The number of methoxy groups -OCH3 is 1. The summed E-state index contributed by atoms with van der Waals surface area (Å²) in [5, 5.41) is 0. The maximum Gasteiger partial charge on any atom is 0.188 e. The molecule has 0 aliphatic heterocycles. The summed E-state index contributed by atoms with van der Waals surface area (Å²) >= 11 is 0. The molecule has 0 aliphatic carbocycles. The molecule has 118 valence electrons. The van der Waals surface area contributed by atoms with Gasteiger partial charge in [0.25, 0.3) is 0 Å². The molecule has 1 aromatic carbocycles. The van der Waals surface area contributed by atoms with E-state index in [4.69, 9.17) is 18.9 Å². The number of carbonyl (C=O) groups is 1. The van der Waals surface area contributed by atoms with E-state index in [0.717, 1.165) is 5.56 Å². The van der Waals surface area contributed by atoms with Crippen molar-refractivity contribution in [3.05, 3.63) is 35.4 Å². The van der Waals surface area contributed by atoms with E-state index in [1.165, 1.54) is 0 Å². The van der Waals surface area contributed by atoms with Crippen molar-refractivity contribution in [2.75, 3.05) is 53.4 Å². The number of ether oxygens (including phenoxy) is 4. The molecule has 1 rings (SSSR count). The minimum atomic E-state index is -0.0158. The Kier molecular flexibility index (Phi) is 9.65. The van der Waals surface area contributed by atoms with Gasteiger partial charge in [0.15, 0.2) is 5.78 Å². The molecule has 0 spiro atoms. The number of aryl methyl sites for hydroxylation is 1. The highest BCUT2D eigenvalue weighted by atomic mass is 16.6. The van der Waals surface area contributed by atoms with Crippen LogP contribution in [0.5, 0.6) is 0 Å². The predicted molar refractivity (Wildman–Crippen MR) is 79.8 cm³/mol. The molecule has 0 atom stereocenters. The zero-order chi connectivity index (χ0) is 15.3. The highest BCUT2D eigenvalue weighted by Crippen LogP contribution is 2.04. The van der Waals surface area contributed by atoms with Gasteiger partial charge in [-0.25, -0.2) is 0 Å². The van der Waals surface area contributed by atoms with Gasteiger partial charge in [-0.2, -0.15) is 0 Å². The van der Waals surface area contributed by atoms with Crippen LogP contribution in [-0.4, -0.2) is 59.1 Å². The van der Waals surface area contributed by atoms with E-state index in [2.05, 4.69) is 0 Å². The summed E-state index contributed by atoms with van der Waals surface area (Å²) < 4.78 is 20.7. The minimum Gasteiger partial charge on any atom is -0.382 e. The number of rotatable bonds is 12. The molecule has 0 aromatic heterocycles. The van der Waals surface area contributed by atoms with Gasteiger partial charge in [-0.3, -0.25) is 4.79 Å². The summed E-state index contributed by atoms with van der Waals surface area (Å²) in [6.45, 7) is 5.12. The van der Waals surface area contributed by atoms with E-state index in [1.807, 2.05) is 31.2 Å². The maximum atomic E-state index is 11.8. The Morgan fingerprint density at radius 1 is 0.857 bits per heavy atom. The van der Waals surface area contributed by atoms with Crippen LogP contribution in [0.1, 0.15) is 15.9 Å². The number of hydrogen-bond donors (Lipinski definition) is 0. The molecule has 0 unspecified atom stereocenters. The van der Waals surface area contributed by atoms with Gasteiger partial charge in [0.05, 0.1) is 39.6 Å². The van der Waals surface area contributed by atoms with Crippen LogP contribution < -0.4 is 0 Å². The molecule has 1 aromatic rings. The minimum absolute atomic E-state index is 0.0158. The number of carbonyl (C=O) groups excluding carboxylic acids is 1. The van der Waals surface area contributed by atoms with Crippen molar-refractivity contribution in [3.63, 3.8) is 0 Å². The normalized spacial score (nSPS) is 10.8. The van der Waals surface area contributed by atoms with Gasteiger partial charge < -0.3 is 18.9 Å². The fraction of sp³-hybridized carbons (Fsp3) is 0.562. The monoisotopic (exact) mass is 296 g/mol. The van der Waals surface area contributed by atoms with Crippen molar-refractivity contribution in [1.29, 1.82) is 0 Å². The summed E-state index contributed by atoms with van der Waals surface area (Å²) in [7, 11) is 1.63. The molecule has 0 heterocycles. The predicted octanol–water partition coefficient (Wildman–Crippen LogP) is 1.87. The zero-order valence-electron chi connectivity index (χ0n) is 12.8. The number of ketones is 1. The molecule has 0 radical (unpaired) electrons. The van der Waals surface area contributed by atoms with Crippen molar-refractivity contribution >= 4 is 5.78 Å². The molecule has 0 N–H and O–H groups in total. The van der Waals surface area contributed by atoms with E-state index in [0.29, 0.717) is 45.2 Å². The molecule has 0 saturated carbocycles. The Morgan fingerprint density at radius 2 is 1.38 bits per heavy atom. The van der Waals surface area contributed by atoms with Crippen LogP contribution in [0.3, 0.4) is 0 Å². The fourth-order valence-corrected chi connectivity index (χ4v) is 1.57. The third-order valence-electron chi connectivity index (χ3n) is 2.78. The van der Waals surface area contributed by atoms with Crippen molar-refractivity contribution in [2.24, 2.45) is 0 Å². The van der Waals surface area contributed by atoms with Gasteiger partial charge in [0.2, 0.25) is 0 Å². The average Bonchev–Trinajstić information content (AvgIpc) is 2.49.